The van der Waals surface area contributed by atoms with Crippen molar-refractivity contribution >= 4 is 21.6 Å². The summed E-state index contributed by atoms with van der Waals surface area (Å²) in [6.45, 7) is 4.77. The SMILES string of the molecule is CCN(C(=O)CCN(C1CCCC1)S(C)(=O)=O)c1cccc(C)c1. The first kappa shape index (κ1) is 18.9. The van der Waals surface area contributed by atoms with Gasteiger partial charge in [-0.3, -0.25) is 4.79 Å². The molecule has 134 valence electrons. The molecule has 0 unspecified atom stereocenters. The van der Waals surface area contributed by atoms with Crippen LogP contribution >= 0.6 is 0 Å². The Morgan fingerprint density at radius 1 is 1.25 bits per heavy atom. The van der Waals surface area contributed by atoms with Gasteiger partial charge in [-0.2, -0.15) is 4.31 Å². The standard InChI is InChI=1S/C18H28N2O3S/c1-4-19(17-11-7-8-15(2)14-17)18(21)12-13-20(24(3,22)23)16-9-5-6-10-16/h7-8,11,14,16H,4-6,9-10,12-13H2,1-3H3. The molecule has 0 saturated heterocycles. The summed E-state index contributed by atoms with van der Waals surface area (Å²) in [4.78, 5) is 14.4. The second-order valence-corrected chi connectivity index (χ2v) is 8.47. The van der Waals surface area contributed by atoms with Crippen LogP contribution in [0.2, 0.25) is 0 Å². The number of hydrogen-bond donors (Lipinski definition) is 0. The van der Waals surface area contributed by atoms with E-state index in [0.717, 1.165) is 36.9 Å². The monoisotopic (exact) mass is 352 g/mol. The number of nitrogens with zero attached hydrogens (tertiary/aromatic N) is 2. The van der Waals surface area contributed by atoms with Gasteiger partial charge in [0, 0.05) is 31.2 Å². The predicted octanol–water partition coefficient (Wildman–Crippen LogP) is 2.94. The van der Waals surface area contributed by atoms with Crippen molar-refractivity contribution in [1.82, 2.24) is 4.31 Å². The van der Waals surface area contributed by atoms with E-state index in [1.807, 2.05) is 38.1 Å². The summed E-state index contributed by atoms with van der Waals surface area (Å²) in [6, 6.07) is 7.88. The second-order valence-electron chi connectivity index (χ2n) is 6.54. The zero-order chi connectivity index (χ0) is 17.7. The molecule has 1 aliphatic rings. The molecule has 6 heteroatoms. The molecule has 0 bridgehead atoms. The maximum Gasteiger partial charge on any atom is 0.228 e. The van der Waals surface area contributed by atoms with Crippen LogP contribution in [0.1, 0.15) is 44.6 Å². The first-order valence-corrected chi connectivity index (χ1v) is 10.5. The van der Waals surface area contributed by atoms with Crippen molar-refractivity contribution in [2.75, 3.05) is 24.2 Å². The van der Waals surface area contributed by atoms with Crippen molar-refractivity contribution in [2.24, 2.45) is 0 Å². The van der Waals surface area contributed by atoms with E-state index < -0.39 is 10.0 Å². The number of carbonyl (C=O) groups is 1. The maximum atomic E-state index is 12.6. The first-order chi connectivity index (χ1) is 11.3. The fourth-order valence-corrected chi connectivity index (χ4v) is 4.63. The van der Waals surface area contributed by atoms with E-state index in [9.17, 15) is 13.2 Å². The highest BCUT2D eigenvalue weighted by molar-refractivity contribution is 7.88. The quantitative estimate of drug-likeness (QED) is 0.758. The number of rotatable bonds is 7. The number of carbonyl (C=O) groups excluding carboxylic acids is 1. The molecule has 1 aromatic carbocycles. The lowest BCUT2D eigenvalue weighted by Gasteiger charge is -2.28. The van der Waals surface area contributed by atoms with Crippen LogP contribution < -0.4 is 4.90 Å². The highest BCUT2D eigenvalue weighted by atomic mass is 32.2. The van der Waals surface area contributed by atoms with E-state index in [4.69, 9.17) is 0 Å². The Hall–Kier alpha value is -1.40. The van der Waals surface area contributed by atoms with Crippen LogP contribution in [-0.2, 0) is 14.8 Å². The van der Waals surface area contributed by atoms with Gasteiger partial charge in [0.25, 0.3) is 0 Å². The van der Waals surface area contributed by atoms with Gasteiger partial charge >= 0.3 is 0 Å². The molecule has 0 atom stereocenters. The average molecular weight is 353 g/mol. The predicted molar refractivity (Wildman–Crippen MR) is 97.6 cm³/mol. The molecule has 1 saturated carbocycles. The number of sulfonamides is 1. The Kier molecular flexibility index (Phi) is 6.40. The fraction of sp³-hybridized carbons (Fsp3) is 0.611. The molecule has 0 spiro atoms. The van der Waals surface area contributed by atoms with Crippen LogP contribution in [0.15, 0.2) is 24.3 Å². The van der Waals surface area contributed by atoms with Crippen molar-refractivity contribution in [1.29, 1.82) is 0 Å². The minimum atomic E-state index is -3.29. The van der Waals surface area contributed by atoms with Crippen molar-refractivity contribution < 1.29 is 13.2 Å². The summed E-state index contributed by atoms with van der Waals surface area (Å²) in [5.74, 6) is -0.0326. The molecule has 0 radical (unpaired) electrons. The molecule has 0 N–H and O–H groups in total. The van der Waals surface area contributed by atoms with Gasteiger partial charge in [-0.05, 0) is 44.4 Å². The first-order valence-electron chi connectivity index (χ1n) is 8.66. The van der Waals surface area contributed by atoms with E-state index in [1.165, 1.54) is 10.6 Å². The summed E-state index contributed by atoms with van der Waals surface area (Å²) >= 11 is 0. The van der Waals surface area contributed by atoms with E-state index in [1.54, 1.807) is 4.90 Å². The number of benzene rings is 1. The topological polar surface area (TPSA) is 57.7 Å². The summed E-state index contributed by atoms with van der Waals surface area (Å²) < 4.78 is 25.7. The lowest BCUT2D eigenvalue weighted by atomic mass is 10.2. The van der Waals surface area contributed by atoms with Gasteiger partial charge in [-0.15, -0.1) is 0 Å². The highest BCUT2D eigenvalue weighted by Crippen LogP contribution is 2.26. The molecule has 0 aromatic heterocycles. The van der Waals surface area contributed by atoms with Gasteiger partial charge in [-0.1, -0.05) is 25.0 Å². The van der Waals surface area contributed by atoms with Gasteiger partial charge < -0.3 is 4.90 Å². The Morgan fingerprint density at radius 2 is 1.92 bits per heavy atom. The Bertz CT molecular complexity index is 667. The lowest BCUT2D eigenvalue weighted by Crippen LogP contribution is -2.41. The normalized spacial score (nSPS) is 15.8. The smallest absolute Gasteiger partial charge is 0.228 e. The van der Waals surface area contributed by atoms with Crippen molar-refractivity contribution in [2.45, 2.75) is 52.0 Å². The molecule has 5 nitrogen and oxygen atoms in total. The third-order valence-electron chi connectivity index (χ3n) is 4.63. The largest absolute Gasteiger partial charge is 0.313 e. The highest BCUT2D eigenvalue weighted by Gasteiger charge is 2.30. The van der Waals surface area contributed by atoms with Crippen LogP contribution in [-0.4, -0.2) is 44.0 Å². The molecule has 0 aliphatic heterocycles. The lowest BCUT2D eigenvalue weighted by molar-refractivity contribution is -0.118. The van der Waals surface area contributed by atoms with E-state index in [-0.39, 0.29) is 24.9 Å². The number of anilines is 1. The Labute approximate surface area is 145 Å². The van der Waals surface area contributed by atoms with Crippen LogP contribution in [0.5, 0.6) is 0 Å². The van der Waals surface area contributed by atoms with Gasteiger partial charge in [0.05, 0.1) is 6.26 Å². The van der Waals surface area contributed by atoms with Gasteiger partial charge in [0.1, 0.15) is 0 Å². The Morgan fingerprint density at radius 3 is 2.46 bits per heavy atom. The molecular weight excluding hydrogens is 324 g/mol. The molecular formula is C18H28N2O3S. The van der Waals surface area contributed by atoms with Crippen LogP contribution in [0, 0.1) is 6.92 Å². The number of amides is 1. The van der Waals surface area contributed by atoms with Crippen LogP contribution in [0.4, 0.5) is 5.69 Å². The van der Waals surface area contributed by atoms with Crippen LogP contribution in [0.3, 0.4) is 0 Å². The summed E-state index contributed by atoms with van der Waals surface area (Å²) in [7, 11) is -3.29. The molecule has 1 aromatic rings. The fourth-order valence-electron chi connectivity index (χ4n) is 3.45. The molecule has 1 amide bonds. The maximum absolute atomic E-state index is 12.6. The summed E-state index contributed by atoms with van der Waals surface area (Å²) in [6.07, 6.45) is 5.39. The number of aryl methyl sites for hydroxylation is 1. The van der Waals surface area contributed by atoms with E-state index in [2.05, 4.69) is 0 Å². The van der Waals surface area contributed by atoms with Gasteiger partial charge in [-0.25, -0.2) is 8.42 Å². The minimum absolute atomic E-state index is 0.0326. The zero-order valence-corrected chi connectivity index (χ0v) is 15.7. The Balaban J connectivity index is 2.06. The summed E-state index contributed by atoms with van der Waals surface area (Å²) in [5.41, 5.74) is 1.97. The second kappa shape index (κ2) is 8.12. The molecule has 24 heavy (non-hydrogen) atoms. The van der Waals surface area contributed by atoms with Crippen LogP contribution in [0.25, 0.3) is 0 Å². The zero-order valence-electron chi connectivity index (χ0n) is 14.9. The minimum Gasteiger partial charge on any atom is -0.313 e. The summed E-state index contributed by atoms with van der Waals surface area (Å²) in [5, 5.41) is 0. The molecule has 2 rings (SSSR count). The third kappa shape index (κ3) is 4.80. The third-order valence-corrected chi connectivity index (χ3v) is 5.97. The molecule has 1 fully saturated rings. The van der Waals surface area contributed by atoms with Crippen molar-refractivity contribution in [3.63, 3.8) is 0 Å². The van der Waals surface area contributed by atoms with Crippen molar-refractivity contribution in [3.8, 4) is 0 Å². The average Bonchev–Trinajstić information content (AvgIpc) is 3.01. The number of hydrogen-bond acceptors (Lipinski definition) is 3. The van der Waals surface area contributed by atoms with E-state index in [0.29, 0.717) is 6.54 Å². The van der Waals surface area contributed by atoms with Crippen molar-refractivity contribution in [3.05, 3.63) is 29.8 Å². The van der Waals surface area contributed by atoms with E-state index >= 15 is 0 Å². The molecule has 0 heterocycles. The van der Waals surface area contributed by atoms with Gasteiger partial charge in [0.2, 0.25) is 15.9 Å². The molecule has 1 aliphatic carbocycles. The van der Waals surface area contributed by atoms with Gasteiger partial charge in [0.15, 0.2) is 0 Å².